The number of allylic oxidation sites excluding steroid dienone is 2. The molecule has 90 valence electrons. The number of hydrogen-bond acceptors (Lipinski definition) is 0. The topological polar surface area (TPSA) is 0 Å². The van der Waals surface area contributed by atoms with Gasteiger partial charge in [0.1, 0.15) is 0 Å². The fourth-order valence-corrected chi connectivity index (χ4v) is 3.62. The first-order valence-corrected chi connectivity index (χ1v) is 7.13. The molecule has 2 aliphatic rings. The van der Waals surface area contributed by atoms with Crippen molar-refractivity contribution in [1.29, 1.82) is 0 Å². The summed E-state index contributed by atoms with van der Waals surface area (Å²) in [6.45, 7) is 0. The molecule has 0 heteroatoms. The molecule has 1 aromatic rings. The second-order valence-corrected chi connectivity index (χ2v) is 5.80. The third-order valence-corrected chi connectivity index (χ3v) is 4.64. The van der Waals surface area contributed by atoms with Gasteiger partial charge in [0.2, 0.25) is 0 Å². The first-order valence-electron chi connectivity index (χ1n) is 7.13. The molecule has 2 bridgehead atoms. The van der Waals surface area contributed by atoms with Crippen LogP contribution in [0.1, 0.15) is 56.9 Å². The van der Waals surface area contributed by atoms with Crippen LogP contribution in [0.2, 0.25) is 0 Å². The van der Waals surface area contributed by atoms with E-state index in [2.05, 4.69) is 36.4 Å². The average Bonchev–Trinajstić information content (AvgIpc) is 2.84. The van der Waals surface area contributed by atoms with E-state index in [1.807, 2.05) is 0 Å². The van der Waals surface area contributed by atoms with Gasteiger partial charge in [-0.05, 0) is 37.7 Å². The predicted octanol–water partition coefficient (Wildman–Crippen LogP) is 5.00. The molecular formula is C17H22. The molecule has 0 spiro atoms. The SMILES string of the molecule is C1=C2CCCCCCC(c3ccccc3)(C1)C2. The zero-order valence-corrected chi connectivity index (χ0v) is 10.6. The van der Waals surface area contributed by atoms with Crippen LogP contribution in [0.4, 0.5) is 0 Å². The Kier molecular flexibility index (Phi) is 3.05. The number of benzene rings is 1. The van der Waals surface area contributed by atoms with Crippen molar-refractivity contribution in [1.82, 2.24) is 0 Å². The Hall–Kier alpha value is -1.04. The molecule has 0 amide bonds. The summed E-state index contributed by atoms with van der Waals surface area (Å²) in [7, 11) is 0. The van der Waals surface area contributed by atoms with Gasteiger partial charge < -0.3 is 0 Å². The Morgan fingerprint density at radius 3 is 2.59 bits per heavy atom. The average molecular weight is 226 g/mol. The van der Waals surface area contributed by atoms with E-state index in [0.717, 1.165) is 0 Å². The summed E-state index contributed by atoms with van der Waals surface area (Å²) in [5.41, 5.74) is 3.77. The minimum atomic E-state index is 0.459. The van der Waals surface area contributed by atoms with Crippen LogP contribution in [0, 0.1) is 0 Å². The Morgan fingerprint density at radius 1 is 0.882 bits per heavy atom. The lowest BCUT2D eigenvalue weighted by Crippen LogP contribution is -2.22. The maximum atomic E-state index is 2.54. The van der Waals surface area contributed by atoms with Gasteiger partial charge in [0.15, 0.2) is 0 Å². The van der Waals surface area contributed by atoms with E-state index in [1.165, 1.54) is 51.4 Å². The Morgan fingerprint density at radius 2 is 1.71 bits per heavy atom. The minimum Gasteiger partial charge on any atom is -0.0844 e. The molecule has 0 heterocycles. The van der Waals surface area contributed by atoms with Crippen molar-refractivity contribution in [3.8, 4) is 0 Å². The lowest BCUT2D eigenvalue weighted by atomic mass is 9.74. The summed E-state index contributed by atoms with van der Waals surface area (Å²) in [6, 6.07) is 11.2. The summed E-state index contributed by atoms with van der Waals surface area (Å²) < 4.78 is 0. The van der Waals surface area contributed by atoms with Gasteiger partial charge in [0.25, 0.3) is 0 Å². The van der Waals surface area contributed by atoms with Crippen molar-refractivity contribution in [3.05, 3.63) is 47.5 Å². The van der Waals surface area contributed by atoms with Crippen molar-refractivity contribution in [2.45, 2.75) is 56.8 Å². The van der Waals surface area contributed by atoms with Crippen molar-refractivity contribution in [3.63, 3.8) is 0 Å². The Bertz CT molecular complexity index is 401. The molecule has 2 aliphatic carbocycles. The minimum absolute atomic E-state index is 0.459. The van der Waals surface area contributed by atoms with Gasteiger partial charge in [0.05, 0.1) is 0 Å². The molecule has 17 heavy (non-hydrogen) atoms. The highest BCUT2D eigenvalue weighted by Crippen LogP contribution is 2.46. The second-order valence-electron chi connectivity index (χ2n) is 5.80. The van der Waals surface area contributed by atoms with Crippen molar-refractivity contribution < 1.29 is 0 Å². The monoisotopic (exact) mass is 226 g/mol. The van der Waals surface area contributed by atoms with Gasteiger partial charge in [-0.25, -0.2) is 0 Å². The molecule has 0 N–H and O–H groups in total. The second kappa shape index (κ2) is 4.68. The Labute approximate surface area is 105 Å². The summed E-state index contributed by atoms with van der Waals surface area (Å²) in [5.74, 6) is 0. The molecule has 1 atom stereocenters. The van der Waals surface area contributed by atoms with E-state index in [-0.39, 0.29) is 0 Å². The van der Waals surface area contributed by atoms with E-state index in [4.69, 9.17) is 0 Å². The summed E-state index contributed by atoms with van der Waals surface area (Å²) >= 11 is 0. The zero-order chi connectivity index (χ0) is 11.6. The highest BCUT2D eigenvalue weighted by molar-refractivity contribution is 5.33. The first kappa shape index (κ1) is 11.1. The normalized spacial score (nSPS) is 29.1. The molecule has 3 rings (SSSR count). The fraction of sp³-hybridized carbons (Fsp3) is 0.529. The van der Waals surface area contributed by atoms with Crippen LogP contribution in [0.3, 0.4) is 0 Å². The quantitative estimate of drug-likeness (QED) is 0.591. The predicted molar refractivity (Wildman–Crippen MR) is 73.1 cm³/mol. The van der Waals surface area contributed by atoms with Gasteiger partial charge >= 0.3 is 0 Å². The molecule has 0 aromatic heterocycles. The van der Waals surface area contributed by atoms with E-state index in [9.17, 15) is 0 Å². The lowest BCUT2D eigenvalue weighted by Gasteiger charge is -2.30. The summed E-state index contributed by atoms with van der Waals surface area (Å²) in [4.78, 5) is 0. The van der Waals surface area contributed by atoms with Crippen LogP contribution in [-0.2, 0) is 5.41 Å². The summed E-state index contributed by atoms with van der Waals surface area (Å²) in [5, 5.41) is 0. The smallest absolute Gasteiger partial charge is 0.00246 e. The molecular weight excluding hydrogens is 204 g/mol. The van der Waals surface area contributed by atoms with E-state index >= 15 is 0 Å². The number of fused-ring (bicyclic) bond motifs is 2. The van der Waals surface area contributed by atoms with Crippen LogP contribution in [0.5, 0.6) is 0 Å². The van der Waals surface area contributed by atoms with Crippen molar-refractivity contribution in [2.75, 3.05) is 0 Å². The molecule has 0 saturated heterocycles. The molecule has 0 radical (unpaired) electrons. The van der Waals surface area contributed by atoms with Crippen molar-refractivity contribution in [2.24, 2.45) is 0 Å². The van der Waals surface area contributed by atoms with Crippen molar-refractivity contribution >= 4 is 0 Å². The third-order valence-electron chi connectivity index (χ3n) is 4.64. The number of rotatable bonds is 1. The van der Waals surface area contributed by atoms with Gasteiger partial charge in [0, 0.05) is 5.41 Å². The highest BCUT2D eigenvalue weighted by Gasteiger charge is 2.35. The zero-order valence-electron chi connectivity index (χ0n) is 10.6. The third kappa shape index (κ3) is 2.18. The van der Waals surface area contributed by atoms with Crippen LogP contribution in [0.15, 0.2) is 42.0 Å². The van der Waals surface area contributed by atoms with Crippen LogP contribution >= 0.6 is 0 Å². The van der Waals surface area contributed by atoms with E-state index in [0.29, 0.717) is 5.41 Å². The summed E-state index contributed by atoms with van der Waals surface area (Å²) in [6.07, 6.45) is 13.6. The standard InChI is InChI=1S/C17H22/c1-2-7-12-17(16-9-5-3-6-10-16)13-11-15(14-17)8-4-1/h3,5-6,9-11H,1-2,4,7-8,12-14H2. The number of hydrogen-bond donors (Lipinski definition) is 0. The van der Waals surface area contributed by atoms with Gasteiger partial charge in [-0.2, -0.15) is 0 Å². The molecule has 1 saturated carbocycles. The highest BCUT2D eigenvalue weighted by atomic mass is 14.4. The maximum absolute atomic E-state index is 2.54. The molecule has 1 unspecified atom stereocenters. The van der Waals surface area contributed by atoms with Crippen LogP contribution < -0.4 is 0 Å². The van der Waals surface area contributed by atoms with Crippen LogP contribution in [-0.4, -0.2) is 0 Å². The fourth-order valence-electron chi connectivity index (χ4n) is 3.62. The maximum Gasteiger partial charge on any atom is 0.00246 e. The Balaban J connectivity index is 1.90. The lowest BCUT2D eigenvalue weighted by molar-refractivity contribution is 0.399. The molecule has 1 aromatic carbocycles. The van der Waals surface area contributed by atoms with Gasteiger partial charge in [-0.1, -0.05) is 61.2 Å². The van der Waals surface area contributed by atoms with Crippen LogP contribution in [0.25, 0.3) is 0 Å². The van der Waals surface area contributed by atoms with E-state index < -0.39 is 0 Å². The first-order chi connectivity index (χ1) is 8.39. The molecule has 0 aliphatic heterocycles. The van der Waals surface area contributed by atoms with E-state index in [1.54, 1.807) is 11.1 Å². The van der Waals surface area contributed by atoms with Gasteiger partial charge in [-0.3, -0.25) is 0 Å². The van der Waals surface area contributed by atoms with Gasteiger partial charge in [-0.15, -0.1) is 0 Å². The molecule has 1 fully saturated rings. The largest absolute Gasteiger partial charge is 0.0844 e. The molecule has 0 nitrogen and oxygen atoms in total.